The van der Waals surface area contributed by atoms with Gasteiger partial charge in [-0.25, -0.2) is 0 Å². The van der Waals surface area contributed by atoms with E-state index in [9.17, 15) is 61.0 Å². The van der Waals surface area contributed by atoms with Gasteiger partial charge in [0, 0.05) is 5.41 Å². The zero-order valence-electron chi connectivity index (χ0n) is 35.7. The third-order valence-electron chi connectivity index (χ3n) is 17.6. The number of hydrogen-bond donors (Lipinski definition) is 11. The van der Waals surface area contributed by atoms with Crippen molar-refractivity contribution >= 4 is 5.97 Å². The Morgan fingerprint density at radius 2 is 1.35 bits per heavy atom. The van der Waals surface area contributed by atoms with Crippen LogP contribution in [0.15, 0.2) is 11.6 Å². The van der Waals surface area contributed by atoms with Gasteiger partial charge < -0.3 is 79.9 Å². The largest absolute Gasteiger partial charge is 0.468 e. The van der Waals surface area contributed by atoms with E-state index in [0.717, 1.165) is 12.8 Å². The summed E-state index contributed by atoms with van der Waals surface area (Å²) in [5.74, 6) is -1.16. The third-order valence-corrected chi connectivity index (χ3v) is 17.6. The Bertz CT molecular complexity index is 1600. The molecule has 6 fully saturated rings. The molecule has 17 heteroatoms. The number of rotatable bonds is 9. The SMILES string of the molecule is COC(=O)C12CCC(C)(C)CC1C1=CCC3C4(C)CC(O)C(OC5OC(CO)C(O)C(OC6OC(CO)C(O)C(O)C6O)C5O)C(CO)(CO)C4CCC3(C)C1(C)CC2O. The highest BCUT2D eigenvalue weighted by Crippen LogP contribution is 2.76. The molecule has 0 aromatic carbocycles. The average molecular weight is 859 g/mol. The smallest absolute Gasteiger partial charge is 0.315 e. The van der Waals surface area contributed by atoms with Gasteiger partial charge in [0.15, 0.2) is 12.6 Å². The van der Waals surface area contributed by atoms with Crippen molar-refractivity contribution in [3.8, 4) is 0 Å². The first-order valence-corrected chi connectivity index (χ1v) is 21.7. The van der Waals surface area contributed by atoms with Crippen molar-refractivity contribution in [1.29, 1.82) is 0 Å². The number of carbonyl (C=O) groups is 1. The minimum atomic E-state index is -1.89. The first-order chi connectivity index (χ1) is 28.1. The van der Waals surface area contributed by atoms with Crippen LogP contribution in [0, 0.1) is 50.2 Å². The Labute approximate surface area is 351 Å². The van der Waals surface area contributed by atoms with Crippen LogP contribution < -0.4 is 0 Å². The topological polar surface area (TPSA) is 286 Å². The molecule has 60 heavy (non-hydrogen) atoms. The predicted molar refractivity (Wildman–Crippen MR) is 208 cm³/mol. The number of hydrogen-bond acceptors (Lipinski definition) is 17. The Morgan fingerprint density at radius 1 is 0.733 bits per heavy atom. The summed E-state index contributed by atoms with van der Waals surface area (Å²) in [6, 6.07) is 0. The summed E-state index contributed by atoms with van der Waals surface area (Å²) < 4.78 is 28.9. The van der Waals surface area contributed by atoms with Crippen molar-refractivity contribution in [1.82, 2.24) is 0 Å². The van der Waals surface area contributed by atoms with E-state index in [-0.39, 0.29) is 29.6 Å². The van der Waals surface area contributed by atoms with Gasteiger partial charge in [0.05, 0.1) is 51.8 Å². The van der Waals surface area contributed by atoms with Crippen LogP contribution in [0.2, 0.25) is 0 Å². The second-order valence-electron chi connectivity index (χ2n) is 20.8. The van der Waals surface area contributed by atoms with E-state index in [4.69, 9.17) is 23.7 Å². The predicted octanol–water partition coefficient (Wildman–Crippen LogP) is -1.14. The fraction of sp³-hybridized carbons (Fsp3) is 0.930. The van der Waals surface area contributed by atoms with E-state index in [1.54, 1.807) is 0 Å². The molecule has 11 N–H and O–H groups in total. The number of aliphatic hydroxyl groups is 11. The van der Waals surface area contributed by atoms with Gasteiger partial charge in [-0.2, -0.15) is 0 Å². The lowest BCUT2D eigenvalue weighted by Gasteiger charge is -2.72. The van der Waals surface area contributed by atoms with Crippen LogP contribution in [0.5, 0.6) is 0 Å². The summed E-state index contributed by atoms with van der Waals surface area (Å²) in [5.41, 5.74) is -3.15. The molecule has 7 rings (SSSR count). The lowest BCUT2D eigenvalue weighted by molar-refractivity contribution is -0.377. The first kappa shape index (κ1) is 46.6. The monoisotopic (exact) mass is 858 g/mol. The Hall–Kier alpha value is -1.39. The molecule has 0 bridgehead atoms. The molecule has 4 saturated carbocycles. The molecule has 344 valence electrons. The van der Waals surface area contributed by atoms with E-state index in [1.807, 2.05) is 0 Å². The van der Waals surface area contributed by atoms with Crippen LogP contribution in [0.4, 0.5) is 0 Å². The van der Waals surface area contributed by atoms with Crippen LogP contribution in [-0.2, 0) is 28.5 Å². The maximum absolute atomic E-state index is 13.7. The van der Waals surface area contributed by atoms with Crippen molar-refractivity contribution in [2.75, 3.05) is 33.5 Å². The summed E-state index contributed by atoms with van der Waals surface area (Å²) in [5, 5.41) is 121. The number of methoxy groups -OCH3 is 1. The van der Waals surface area contributed by atoms with E-state index < -0.39 is 139 Å². The standard InChI is InChI=1S/C43H70O17/c1-38(2)11-12-43(37(55)56-6)21(13-38)20-7-8-25-39(3)14-22(48)34(42(18-46,19-47)26(39)9-10-40(25,4)41(20,5)15-27(43)49)60-36-32(54)33(29(51)24(17-45)58-36)59-35-31(53)30(52)28(50)23(16-44)57-35/h7,21-36,44-54H,8-19H2,1-6H3. The van der Waals surface area contributed by atoms with Crippen LogP contribution in [0.25, 0.3) is 0 Å². The summed E-state index contributed by atoms with van der Waals surface area (Å²) in [6.07, 6.45) is -14.1. The maximum atomic E-state index is 13.7. The van der Waals surface area contributed by atoms with Crippen molar-refractivity contribution < 1.29 is 84.7 Å². The zero-order valence-corrected chi connectivity index (χ0v) is 35.7. The quantitative estimate of drug-likeness (QED) is 0.0742. The molecule has 0 aromatic heterocycles. The normalized spacial score (nSPS) is 52.2. The number of ether oxygens (including phenoxy) is 5. The Morgan fingerprint density at radius 3 is 1.95 bits per heavy atom. The maximum Gasteiger partial charge on any atom is 0.315 e. The summed E-state index contributed by atoms with van der Waals surface area (Å²) in [4.78, 5) is 13.7. The summed E-state index contributed by atoms with van der Waals surface area (Å²) in [7, 11) is 1.38. The lowest BCUT2D eigenvalue weighted by Crippen LogP contribution is -2.72. The minimum Gasteiger partial charge on any atom is -0.468 e. The zero-order chi connectivity index (χ0) is 44.1. The second kappa shape index (κ2) is 16.2. The summed E-state index contributed by atoms with van der Waals surface area (Å²) >= 11 is 0. The number of fused-ring (bicyclic) bond motifs is 7. The van der Waals surface area contributed by atoms with Gasteiger partial charge in [0.2, 0.25) is 0 Å². The van der Waals surface area contributed by atoms with E-state index >= 15 is 0 Å². The number of aliphatic hydroxyl groups excluding tert-OH is 11. The van der Waals surface area contributed by atoms with Crippen LogP contribution >= 0.6 is 0 Å². The Balaban J connectivity index is 1.19. The number of allylic oxidation sites excluding steroid dienone is 2. The van der Waals surface area contributed by atoms with Crippen LogP contribution in [0.1, 0.15) is 86.0 Å². The molecule has 5 aliphatic carbocycles. The number of esters is 1. The second-order valence-corrected chi connectivity index (χ2v) is 20.8. The highest BCUT2D eigenvalue weighted by Gasteiger charge is 2.73. The molecule has 2 heterocycles. The molecule has 0 aromatic rings. The highest BCUT2D eigenvalue weighted by atomic mass is 16.7. The molecule has 2 aliphatic heterocycles. The molecular formula is C43H70O17. The van der Waals surface area contributed by atoms with Gasteiger partial charge in [0.1, 0.15) is 54.2 Å². The average Bonchev–Trinajstić information content (AvgIpc) is 3.20. The van der Waals surface area contributed by atoms with Crippen molar-refractivity contribution in [2.45, 2.75) is 166 Å². The molecule has 7 aliphatic rings. The van der Waals surface area contributed by atoms with E-state index in [0.29, 0.717) is 32.1 Å². The third kappa shape index (κ3) is 6.62. The highest BCUT2D eigenvalue weighted by molar-refractivity contribution is 5.79. The van der Waals surface area contributed by atoms with Gasteiger partial charge in [-0.1, -0.05) is 46.3 Å². The first-order valence-electron chi connectivity index (χ1n) is 21.7. The van der Waals surface area contributed by atoms with E-state index in [2.05, 4.69) is 40.7 Å². The molecule has 0 spiro atoms. The van der Waals surface area contributed by atoms with Gasteiger partial charge in [-0.15, -0.1) is 0 Å². The van der Waals surface area contributed by atoms with Gasteiger partial charge in [-0.05, 0) is 90.8 Å². The molecule has 0 amide bonds. The molecule has 20 unspecified atom stereocenters. The molecular weight excluding hydrogens is 788 g/mol. The van der Waals surface area contributed by atoms with Crippen molar-refractivity contribution in [2.24, 2.45) is 50.2 Å². The minimum absolute atomic E-state index is 0.0657. The van der Waals surface area contributed by atoms with Gasteiger partial charge in [-0.3, -0.25) is 4.79 Å². The molecule has 2 saturated heterocycles. The van der Waals surface area contributed by atoms with Crippen LogP contribution in [-0.4, -0.2) is 175 Å². The van der Waals surface area contributed by atoms with Gasteiger partial charge >= 0.3 is 5.97 Å². The fourth-order valence-corrected chi connectivity index (χ4v) is 14.1. The van der Waals surface area contributed by atoms with Crippen molar-refractivity contribution in [3.63, 3.8) is 0 Å². The number of carbonyl (C=O) groups excluding carboxylic acids is 1. The molecule has 20 atom stereocenters. The molecule has 17 nitrogen and oxygen atoms in total. The van der Waals surface area contributed by atoms with E-state index in [1.165, 1.54) is 12.7 Å². The van der Waals surface area contributed by atoms with Crippen LogP contribution in [0.3, 0.4) is 0 Å². The van der Waals surface area contributed by atoms with Crippen molar-refractivity contribution in [3.05, 3.63) is 11.6 Å². The fourth-order valence-electron chi connectivity index (χ4n) is 14.1. The Kier molecular flexibility index (Phi) is 12.6. The summed E-state index contributed by atoms with van der Waals surface area (Å²) in [6.45, 7) is 8.15. The molecule has 0 radical (unpaired) electrons. The van der Waals surface area contributed by atoms with Gasteiger partial charge in [0.25, 0.3) is 0 Å². The lowest BCUT2D eigenvalue weighted by atomic mass is 9.33.